The van der Waals surface area contributed by atoms with Crippen molar-refractivity contribution in [1.29, 1.82) is 0 Å². The maximum Gasteiger partial charge on any atom is 0.329 e. The molecule has 1 aromatic heterocycles. The smallest absolute Gasteiger partial charge is 0.329 e. The Kier molecular flexibility index (Phi) is 5.44. The van der Waals surface area contributed by atoms with Crippen LogP contribution in [0.2, 0.25) is 0 Å². The number of nitro groups is 1. The van der Waals surface area contributed by atoms with Gasteiger partial charge in [-0.3, -0.25) is 15.0 Å². The van der Waals surface area contributed by atoms with Crippen LogP contribution in [0.15, 0.2) is 34.9 Å². The fraction of sp³-hybridized carbons (Fsp3) is 0.375. The number of hydrogen-bond acceptors (Lipinski definition) is 7. The van der Waals surface area contributed by atoms with Crippen LogP contribution in [-0.4, -0.2) is 38.9 Å². The second-order valence-corrected chi connectivity index (χ2v) is 6.96. The van der Waals surface area contributed by atoms with Gasteiger partial charge in [-0.25, -0.2) is 4.98 Å². The highest BCUT2D eigenvalue weighted by Crippen LogP contribution is 2.21. The van der Waals surface area contributed by atoms with Crippen LogP contribution >= 0.6 is 15.9 Å². The molecule has 3 rings (SSSR count). The van der Waals surface area contributed by atoms with E-state index in [1.807, 2.05) is 0 Å². The minimum absolute atomic E-state index is 0.116. The number of likely N-dealkylation sites (tertiary alicyclic amines) is 1. The lowest BCUT2D eigenvalue weighted by Crippen LogP contribution is -2.39. The number of nitrogens with two attached hydrogens (primary N) is 1. The van der Waals surface area contributed by atoms with E-state index in [1.165, 1.54) is 5.56 Å². The maximum absolute atomic E-state index is 10.7. The number of halogens is 1. The number of benzene rings is 1. The summed E-state index contributed by atoms with van der Waals surface area (Å²) in [6.45, 7) is 2.87. The zero-order valence-corrected chi connectivity index (χ0v) is 15.1. The van der Waals surface area contributed by atoms with Crippen molar-refractivity contribution in [2.45, 2.75) is 25.4 Å². The molecule has 0 atom stereocenters. The number of nitrogens with one attached hydrogen (secondary N) is 1. The molecule has 1 aromatic carbocycles. The monoisotopic (exact) mass is 406 g/mol. The molecule has 1 saturated heterocycles. The summed E-state index contributed by atoms with van der Waals surface area (Å²) in [7, 11) is 0. The van der Waals surface area contributed by atoms with Gasteiger partial charge >= 0.3 is 5.69 Å². The van der Waals surface area contributed by atoms with E-state index < -0.39 is 4.92 Å². The number of rotatable bonds is 5. The van der Waals surface area contributed by atoms with Gasteiger partial charge in [0, 0.05) is 30.1 Å². The summed E-state index contributed by atoms with van der Waals surface area (Å²) in [5, 5.41) is 14.0. The zero-order valence-electron chi connectivity index (χ0n) is 13.6. The van der Waals surface area contributed by atoms with Gasteiger partial charge in [0.2, 0.25) is 11.8 Å². The van der Waals surface area contributed by atoms with Crippen LogP contribution < -0.4 is 11.1 Å². The van der Waals surface area contributed by atoms with Crippen molar-refractivity contribution < 1.29 is 4.92 Å². The summed E-state index contributed by atoms with van der Waals surface area (Å²) in [5.41, 5.74) is 6.63. The highest BCUT2D eigenvalue weighted by Gasteiger charge is 2.21. The number of nitrogen functional groups attached to an aromatic ring is 1. The maximum atomic E-state index is 10.7. The van der Waals surface area contributed by atoms with E-state index >= 15 is 0 Å². The van der Waals surface area contributed by atoms with Crippen molar-refractivity contribution in [2.24, 2.45) is 0 Å². The summed E-state index contributed by atoms with van der Waals surface area (Å²) in [4.78, 5) is 20.5. The average molecular weight is 407 g/mol. The molecule has 3 N–H and O–H groups in total. The highest BCUT2D eigenvalue weighted by atomic mass is 79.9. The van der Waals surface area contributed by atoms with Crippen LogP contribution in [0.4, 0.5) is 17.5 Å². The van der Waals surface area contributed by atoms with Crippen molar-refractivity contribution in [3.8, 4) is 0 Å². The van der Waals surface area contributed by atoms with Gasteiger partial charge in [-0.1, -0.05) is 28.1 Å². The third kappa shape index (κ3) is 4.64. The van der Waals surface area contributed by atoms with Crippen LogP contribution in [0.3, 0.4) is 0 Å². The number of anilines is 2. The molecule has 0 amide bonds. The van der Waals surface area contributed by atoms with Gasteiger partial charge in [0.05, 0.1) is 4.92 Å². The molecule has 0 aliphatic carbocycles. The quantitative estimate of drug-likeness (QED) is 0.579. The number of nitrogens with zero attached hydrogens (tertiary/aromatic N) is 4. The van der Waals surface area contributed by atoms with Crippen molar-refractivity contribution in [3.05, 3.63) is 50.6 Å². The number of piperidine rings is 1. The Hall–Kier alpha value is -2.26. The third-order valence-electron chi connectivity index (χ3n) is 4.23. The van der Waals surface area contributed by atoms with Crippen LogP contribution in [0.5, 0.6) is 0 Å². The molecule has 0 radical (unpaired) electrons. The van der Waals surface area contributed by atoms with E-state index in [9.17, 15) is 10.1 Å². The molecule has 1 aliphatic heterocycles. The molecule has 9 heteroatoms. The molecule has 25 heavy (non-hydrogen) atoms. The van der Waals surface area contributed by atoms with Gasteiger partial charge in [0.25, 0.3) is 0 Å². The molecule has 132 valence electrons. The molecule has 8 nitrogen and oxygen atoms in total. The van der Waals surface area contributed by atoms with E-state index in [1.54, 1.807) is 0 Å². The normalized spacial score (nSPS) is 15.9. The molecular formula is C16H19BrN6O2. The summed E-state index contributed by atoms with van der Waals surface area (Å²) in [6, 6.07) is 8.60. The van der Waals surface area contributed by atoms with Crippen molar-refractivity contribution in [1.82, 2.24) is 14.9 Å². The predicted octanol–water partition coefficient (Wildman–Crippen LogP) is 2.81. The first-order valence-electron chi connectivity index (χ1n) is 8.01. The third-order valence-corrected chi connectivity index (χ3v) is 4.76. The minimum atomic E-state index is -0.584. The van der Waals surface area contributed by atoms with E-state index in [2.05, 4.69) is 60.4 Å². The lowest BCUT2D eigenvalue weighted by molar-refractivity contribution is -0.384. The molecule has 1 aliphatic rings. The molecule has 0 saturated carbocycles. The Morgan fingerprint density at radius 3 is 2.60 bits per heavy atom. The first-order valence-corrected chi connectivity index (χ1v) is 8.81. The van der Waals surface area contributed by atoms with Gasteiger partial charge in [-0.05, 0) is 30.5 Å². The van der Waals surface area contributed by atoms with Gasteiger partial charge in [0.15, 0.2) is 0 Å². The average Bonchev–Trinajstić information content (AvgIpc) is 2.58. The molecule has 2 heterocycles. The first kappa shape index (κ1) is 17.6. The van der Waals surface area contributed by atoms with Crippen LogP contribution in [0.25, 0.3) is 0 Å². The molecule has 0 unspecified atom stereocenters. The Morgan fingerprint density at radius 2 is 2.00 bits per heavy atom. The summed E-state index contributed by atoms with van der Waals surface area (Å²) < 4.78 is 1.08. The SMILES string of the molecule is Nc1nc(NC2CCN(Cc3ccc(Br)cc3)CC2)ncc1[N+](=O)[O-]. The molecule has 1 fully saturated rings. The second kappa shape index (κ2) is 7.75. The van der Waals surface area contributed by atoms with Gasteiger partial charge in [0.1, 0.15) is 6.20 Å². The van der Waals surface area contributed by atoms with E-state index in [0.717, 1.165) is 43.1 Å². The number of hydrogen-bond donors (Lipinski definition) is 2. The lowest BCUT2D eigenvalue weighted by atomic mass is 10.0. The van der Waals surface area contributed by atoms with Gasteiger partial charge in [-0.2, -0.15) is 4.98 Å². The van der Waals surface area contributed by atoms with Crippen LogP contribution in [0, 0.1) is 10.1 Å². The fourth-order valence-electron chi connectivity index (χ4n) is 2.86. The van der Waals surface area contributed by atoms with Crippen LogP contribution in [-0.2, 0) is 6.54 Å². The Morgan fingerprint density at radius 1 is 1.32 bits per heavy atom. The highest BCUT2D eigenvalue weighted by molar-refractivity contribution is 9.10. The minimum Gasteiger partial charge on any atom is -0.378 e. The van der Waals surface area contributed by atoms with Crippen LogP contribution in [0.1, 0.15) is 18.4 Å². The van der Waals surface area contributed by atoms with Crippen molar-refractivity contribution in [2.75, 3.05) is 24.1 Å². The fourth-order valence-corrected chi connectivity index (χ4v) is 3.13. The summed E-state index contributed by atoms with van der Waals surface area (Å²) in [5.74, 6) is 0.227. The Labute approximate surface area is 153 Å². The van der Waals surface area contributed by atoms with Gasteiger partial charge in [-0.15, -0.1) is 0 Å². The van der Waals surface area contributed by atoms with E-state index in [-0.39, 0.29) is 17.5 Å². The van der Waals surface area contributed by atoms with Crippen molar-refractivity contribution >= 4 is 33.4 Å². The molecular weight excluding hydrogens is 388 g/mol. The Bertz CT molecular complexity index is 747. The first-order chi connectivity index (χ1) is 12.0. The van der Waals surface area contributed by atoms with E-state index in [4.69, 9.17) is 5.73 Å². The van der Waals surface area contributed by atoms with E-state index in [0.29, 0.717) is 5.95 Å². The van der Waals surface area contributed by atoms with Crippen molar-refractivity contribution in [3.63, 3.8) is 0 Å². The lowest BCUT2D eigenvalue weighted by Gasteiger charge is -2.32. The zero-order chi connectivity index (χ0) is 17.8. The molecule has 2 aromatic rings. The molecule has 0 bridgehead atoms. The number of aromatic nitrogens is 2. The topological polar surface area (TPSA) is 110 Å². The summed E-state index contributed by atoms with van der Waals surface area (Å²) >= 11 is 3.45. The standard InChI is InChI=1S/C16H19BrN6O2/c17-12-3-1-11(2-4-12)10-22-7-5-13(6-8-22)20-16-19-9-14(23(24)25)15(18)21-16/h1-4,9,13H,5-8,10H2,(H3,18,19,20,21). The molecule has 0 spiro atoms. The largest absolute Gasteiger partial charge is 0.378 e. The summed E-state index contributed by atoms with van der Waals surface area (Å²) in [6.07, 6.45) is 3.06. The second-order valence-electron chi connectivity index (χ2n) is 6.04. The Balaban J connectivity index is 1.51. The predicted molar refractivity (Wildman–Crippen MR) is 99.2 cm³/mol. The van der Waals surface area contributed by atoms with Gasteiger partial charge < -0.3 is 11.1 Å².